The molecule has 1 aromatic carbocycles. The van der Waals surface area contributed by atoms with E-state index < -0.39 is 6.97 Å². The zero-order valence-corrected chi connectivity index (χ0v) is 18.0. The highest BCUT2D eigenvalue weighted by Crippen LogP contribution is 2.46. The summed E-state index contributed by atoms with van der Waals surface area (Å²) in [7, 11) is 0. The highest BCUT2D eigenvalue weighted by atomic mass is 79.9. The number of halogens is 3. The van der Waals surface area contributed by atoms with Crippen molar-refractivity contribution in [2.45, 2.75) is 41.5 Å². The molecule has 6 heteroatoms. The van der Waals surface area contributed by atoms with Crippen LogP contribution in [-0.4, -0.2) is 21.6 Å². The first-order valence-electron chi connectivity index (χ1n) is 9.10. The van der Waals surface area contributed by atoms with Gasteiger partial charge in [0.05, 0.1) is 5.57 Å². The summed E-state index contributed by atoms with van der Waals surface area (Å²) in [6, 6.07) is 5.93. The van der Waals surface area contributed by atoms with Crippen LogP contribution in [0, 0.1) is 27.7 Å². The van der Waals surface area contributed by atoms with Crippen LogP contribution in [0.5, 0.6) is 0 Å². The lowest BCUT2D eigenvalue weighted by Gasteiger charge is -2.34. The smallest absolute Gasteiger partial charge is 0.393 e. The van der Waals surface area contributed by atoms with Gasteiger partial charge in [0.2, 0.25) is 0 Å². The lowest BCUT2D eigenvalue weighted by Crippen LogP contribution is -2.51. The molecule has 1 aromatic heterocycles. The average molecular weight is 431 g/mol. The van der Waals surface area contributed by atoms with Gasteiger partial charge in [0.25, 0.3) is 0 Å². The third-order valence-electron chi connectivity index (χ3n) is 5.79. The molecule has 2 aliphatic heterocycles. The van der Waals surface area contributed by atoms with Crippen molar-refractivity contribution in [3.63, 3.8) is 0 Å². The number of fused-ring (bicyclic) bond motifs is 2. The Bertz CT molecular complexity index is 1120. The Hall–Kier alpha value is -1.95. The van der Waals surface area contributed by atoms with Crippen molar-refractivity contribution in [1.29, 1.82) is 0 Å². The van der Waals surface area contributed by atoms with E-state index >= 15 is 8.63 Å². The topological polar surface area (TPSA) is 7.94 Å². The molecule has 0 saturated heterocycles. The van der Waals surface area contributed by atoms with E-state index in [9.17, 15) is 0 Å². The Labute approximate surface area is 167 Å². The highest BCUT2D eigenvalue weighted by molar-refractivity contribution is 9.10. The first-order valence-corrected chi connectivity index (χ1v) is 9.89. The van der Waals surface area contributed by atoms with Gasteiger partial charge in [-0.05, 0) is 74.7 Å². The van der Waals surface area contributed by atoms with Crippen molar-refractivity contribution < 1.29 is 13.1 Å². The van der Waals surface area contributed by atoms with Crippen molar-refractivity contribution in [2.24, 2.45) is 0 Å². The van der Waals surface area contributed by atoms with Crippen LogP contribution < -0.4 is 0 Å². The van der Waals surface area contributed by atoms with Crippen LogP contribution in [0.15, 0.2) is 40.0 Å². The number of aryl methyl sites for hydroxylation is 3. The number of nitrogens with zero attached hydrogens (tertiary/aromatic N) is 2. The first kappa shape index (κ1) is 18.4. The molecule has 2 nitrogen and oxygen atoms in total. The second-order valence-electron chi connectivity index (χ2n) is 7.70. The van der Waals surface area contributed by atoms with Gasteiger partial charge in [-0.15, -0.1) is 0 Å². The second-order valence-corrected chi connectivity index (χ2v) is 8.56. The Morgan fingerprint density at radius 2 is 1.67 bits per heavy atom. The molecule has 0 radical (unpaired) electrons. The van der Waals surface area contributed by atoms with Gasteiger partial charge >= 0.3 is 6.97 Å². The molecule has 0 spiro atoms. The summed E-state index contributed by atoms with van der Waals surface area (Å²) >= 11 is 3.63. The van der Waals surface area contributed by atoms with E-state index in [1.54, 1.807) is 13.8 Å². The maximum absolute atomic E-state index is 15.7. The highest BCUT2D eigenvalue weighted by Gasteiger charge is 2.55. The lowest BCUT2D eigenvalue weighted by atomic mass is 9.81. The van der Waals surface area contributed by atoms with Gasteiger partial charge < -0.3 is 17.6 Å². The molecule has 2 aliphatic rings. The largest absolute Gasteiger partial charge is 0.737 e. The third kappa shape index (κ3) is 2.32. The molecule has 0 bridgehead atoms. The molecular weight excluding hydrogens is 409 g/mol. The second kappa shape index (κ2) is 5.77. The number of rotatable bonds is 1. The first-order chi connectivity index (χ1) is 12.6. The Kier molecular flexibility index (Phi) is 3.94. The van der Waals surface area contributed by atoms with Gasteiger partial charge in [-0.25, -0.2) is 0 Å². The van der Waals surface area contributed by atoms with Crippen molar-refractivity contribution in [2.75, 3.05) is 0 Å². The van der Waals surface area contributed by atoms with Crippen molar-refractivity contribution in [1.82, 2.24) is 4.48 Å². The van der Waals surface area contributed by atoms with Gasteiger partial charge in [-0.3, -0.25) is 0 Å². The molecule has 0 saturated carbocycles. The van der Waals surface area contributed by atoms with Gasteiger partial charge in [-0.2, -0.15) is 0 Å². The quantitative estimate of drug-likeness (QED) is 0.496. The number of hydrogen-bond acceptors (Lipinski definition) is 0. The lowest BCUT2D eigenvalue weighted by molar-refractivity contribution is -0.363. The normalized spacial score (nSPS) is 18.0. The van der Waals surface area contributed by atoms with Crippen LogP contribution in [-0.2, 0) is 0 Å². The fourth-order valence-corrected chi connectivity index (χ4v) is 5.07. The van der Waals surface area contributed by atoms with E-state index in [4.69, 9.17) is 0 Å². The van der Waals surface area contributed by atoms with E-state index in [-0.39, 0.29) is 0 Å². The predicted molar refractivity (Wildman–Crippen MR) is 112 cm³/mol. The molecule has 0 aliphatic carbocycles. The molecule has 0 fully saturated rings. The molecule has 27 heavy (non-hydrogen) atoms. The molecule has 2 aromatic rings. The summed E-state index contributed by atoms with van der Waals surface area (Å²) in [4.78, 5) is 0. The molecule has 140 valence electrons. The van der Waals surface area contributed by atoms with E-state index in [1.165, 1.54) is 8.96 Å². The Morgan fingerprint density at radius 1 is 1.00 bits per heavy atom. The summed E-state index contributed by atoms with van der Waals surface area (Å²) in [5.41, 5.74) is 8.29. The van der Waals surface area contributed by atoms with Gasteiger partial charge in [-0.1, -0.05) is 22.0 Å². The van der Waals surface area contributed by atoms with E-state index in [1.807, 2.05) is 52.0 Å². The standard InChI is InChI=1S/C21H22BBrF2N2/c1-11-7-8-17(23)16(6)18(11)19-20-12(2)9-14(4)26(20)22(24,25)27-15(5)10-13(3)21(19)27/h7-10H,1-6H3. The number of benzene rings is 1. The summed E-state index contributed by atoms with van der Waals surface area (Å²) in [5.74, 6) is 0. The zero-order valence-electron chi connectivity index (χ0n) is 16.4. The van der Waals surface area contributed by atoms with Gasteiger partial charge in [0.15, 0.2) is 5.70 Å². The van der Waals surface area contributed by atoms with Gasteiger partial charge in [0, 0.05) is 28.7 Å². The maximum Gasteiger partial charge on any atom is 0.737 e. The van der Waals surface area contributed by atoms with E-state index in [2.05, 4.69) is 15.9 Å². The minimum absolute atomic E-state index is 0.590. The fraction of sp³-hybridized carbons (Fsp3) is 0.286. The summed E-state index contributed by atoms with van der Waals surface area (Å²) < 4.78 is 34.8. The van der Waals surface area contributed by atoms with Crippen LogP contribution in [0.25, 0.3) is 5.57 Å². The average Bonchev–Trinajstić information content (AvgIpc) is 3.04. The molecule has 0 amide bonds. The Balaban J connectivity index is 2.25. The van der Waals surface area contributed by atoms with Gasteiger partial charge in [0.1, 0.15) is 5.71 Å². The van der Waals surface area contributed by atoms with Crippen molar-refractivity contribution in [3.8, 4) is 0 Å². The molecule has 0 unspecified atom stereocenters. The summed E-state index contributed by atoms with van der Waals surface area (Å²) in [5, 5.41) is 0. The molecule has 0 atom stereocenters. The number of hydrogen-bond donors (Lipinski definition) is 0. The third-order valence-corrected chi connectivity index (χ3v) is 6.65. The monoisotopic (exact) mass is 430 g/mol. The Morgan fingerprint density at radius 3 is 2.33 bits per heavy atom. The summed E-state index contributed by atoms with van der Waals surface area (Å²) in [6.45, 7) is 7.54. The van der Waals surface area contributed by atoms with Crippen LogP contribution >= 0.6 is 15.9 Å². The minimum Gasteiger partial charge on any atom is -0.393 e. The van der Waals surface area contributed by atoms with Crippen LogP contribution in [0.3, 0.4) is 0 Å². The van der Waals surface area contributed by atoms with Crippen molar-refractivity contribution in [3.05, 3.63) is 73.7 Å². The molecule has 0 N–H and O–H groups in total. The fourth-order valence-electron chi connectivity index (χ4n) is 4.74. The van der Waals surface area contributed by atoms with Crippen LogP contribution in [0.2, 0.25) is 0 Å². The maximum atomic E-state index is 15.7. The minimum atomic E-state index is -3.93. The molecule has 4 rings (SSSR count). The van der Waals surface area contributed by atoms with Crippen molar-refractivity contribution >= 4 is 34.2 Å². The summed E-state index contributed by atoms with van der Waals surface area (Å²) in [6.07, 6.45) is 1.87. The predicted octanol–water partition coefficient (Wildman–Crippen LogP) is 5.91. The number of aromatic nitrogens is 1. The SMILES string of the molecule is CC1=CC(C)=[N+]2C1=C(c1c(C)ccc(Br)c1C)c1c(C)cc(C)n1[B-]2(F)F. The van der Waals surface area contributed by atoms with Crippen LogP contribution in [0.1, 0.15) is 47.5 Å². The number of allylic oxidation sites excluding steroid dienone is 2. The van der Waals surface area contributed by atoms with E-state index in [0.717, 1.165) is 37.9 Å². The van der Waals surface area contributed by atoms with E-state index in [0.29, 0.717) is 22.8 Å². The van der Waals surface area contributed by atoms with Crippen LogP contribution in [0.4, 0.5) is 8.63 Å². The molecule has 3 heterocycles. The zero-order chi connectivity index (χ0) is 19.8. The molecular formula is C21H22BBrF2N2.